The summed E-state index contributed by atoms with van der Waals surface area (Å²) in [6.45, 7) is 15.4. The topological polar surface area (TPSA) is 20.2 Å². The van der Waals surface area contributed by atoms with Crippen LogP contribution in [0.1, 0.15) is 51.8 Å². The molecule has 30 heavy (non-hydrogen) atoms. The standard InChI is InChI=1S/C28H34OSi/c1-17-13-19(3)26(20(4)14-17)30(29,27-21(5)15-18(2)16-22(27)6)28-23(7)25(28)24-11-9-8-10-12-24/h8-16,23,25,28-29H,1-7H3/t23-,25-,28+/m0/s1. The van der Waals surface area contributed by atoms with Gasteiger partial charge in [-0.15, -0.1) is 0 Å². The molecule has 0 bridgehead atoms. The van der Waals surface area contributed by atoms with Crippen molar-refractivity contribution in [1.82, 2.24) is 0 Å². The summed E-state index contributed by atoms with van der Waals surface area (Å²) in [4.78, 5) is 12.9. The van der Waals surface area contributed by atoms with Crippen LogP contribution in [-0.2, 0) is 0 Å². The molecule has 1 nitrogen and oxygen atoms in total. The van der Waals surface area contributed by atoms with Crippen LogP contribution in [0.25, 0.3) is 0 Å². The summed E-state index contributed by atoms with van der Waals surface area (Å²) in [7, 11) is -3.00. The van der Waals surface area contributed by atoms with E-state index in [0.717, 1.165) is 0 Å². The zero-order chi connectivity index (χ0) is 21.8. The average molecular weight is 415 g/mol. The Morgan fingerprint density at radius 2 is 1.07 bits per heavy atom. The van der Waals surface area contributed by atoms with Crippen molar-refractivity contribution >= 4 is 18.7 Å². The largest absolute Gasteiger partial charge is 0.424 e. The van der Waals surface area contributed by atoms with E-state index in [9.17, 15) is 4.80 Å². The highest BCUT2D eigenvalue weighted by atomic mass is 28.4. The van der Waals surface area contributed by atoms with E-state index in [1.165, 1.54) is 49.3 Å². The average Bonchev–Trinajstić information content (AvgIpc) is 3.32. The Morgan fingerprint density at radius 3 is 1.47 bits per heavy atom. The van der Waals surface area contributed by atoms with Gasteiger partial charge in [-0.2, -0.15) is 0 Å². The molecule has 0 spiro atoms. The van der Waals surface area contributed by atoms with Gasteiger partial charge in [0.2, 0.25) is 0 Å². The molecule has 1 aliphatic carbocycles. The third kappa shape index (κ3) is 3.27. The molecule has 1 saturated carbocycles. The molecule has 0 heterocycles. The number of rotatable bonds is 4. The second kappa shape index (κ2) is 7.51. The number of hydrogen-bond donors (Lipinski definition) is 1. The third-order valence-electron chi connectivity index (χ3n) is 7.16. The summed E-state index contributed by atoms with van der Waals surface area (Å²) in [6.07, 6.45) is 0. The van der Waals surface area contributed by atoms with Gasteiger partial charge in [0, 0.05) is 0 Å². The molecule has 0 unspecified atom stereocenters. The van der Waals surface area contributed by atoms with E-state index in [1.54, 1.807) is 0 Å². The molecule has 0 saturated heterocycles. The van der Waals surface area contributed by atoms with E-state index in [0.29, 0.717) is 17.4 Å². The molecule has 2 heteroatoms. The van der Waals surface area contributed by atoms with E-state index >= 15 is 0 Å². The van der Waals surface area contributed by atoms with Crippen LogP contribution in [-0.4, -0.2) is 13.1 Å². The minimum Gasteiger partial charge on any atom is -0.424 e. The maximum absolute atomic E-state index is 12.9. The molecule has 0 aromatic heterocycles. The lowest BCUT2D eigenvalue weighted by molar-refractivity contribution is 0.557. The van der Waals surface area contributed by atoms with Crippen molar-refractivity contribution < 1.29 is 4.80 Å². The maximum Gasteiger partial charge on any atom is 0.257 e. The summed E-state index contributed by atoms with van der Waals surface area (Å²) in [5, 5.41) is 2.47. The summed E-state index contributed by atoms with van der Waals surface area (Å²) < 4.78 is 0. The molecule has 3 atom stereocenters. The van der Waals surface area contributed by atoms with Crippen LogP contribution in [0, 0.1) is 47.5 Å². The molecule has 3 aromatic rings. The lowest BCUT2D eigenvalue weighted by atomic mass is 10.1. The molecular formula is C28H34OSi. The van der Waals surface area contributed by atoms with Crippen molar-refractivity contribution in [3.05, 3.63) is 93.5 Å². The number of benzene rings is 3. The van der Waals surface area contributed by atoms with Crippen molar-refractivity contribution in [2.75, 3.05) is 0 Å². The molecule has 0 aliphatic heterocycles. The smallest absolute Gasteiger partial charge is 0.257 e. The summed E-state index contributed by atoms with van der Waals surface area (Å²) in [5.41, 5.74) is 9.17. The first kappa shape index (κ1) is 21.1. The Kier molecular flexibility index (Phi) is 5.28. The predicted molar refractivity (Wildman–Crippen MR) is 131 cm³/mol. The van der Waals surface area contributed by atoms with Crippen LogP contribution < -0.4 is 10.4 Å². The first-order chi connectivity index (χ1) is 14.2. The highest BCUT2D eigenvalue weighted by Gasteiger charge is 2.63. The minimum absolute atomic E-state index is 0.292. The van der Waals surface area contributed by atoms with E-state index in [1.807, 2.05) is 0 Å². The first-order valence-corrected chi connectivity index (χ1v) is 13.1. The van der Waals surface area contributed by atoms with Crippen molar-refractivity contribution in [3.63, 3.8) is 0 Å². The van der Waals surface area contributed by atoms with Crippen LogP contribution in [0.3, 0.4) is 0 Å². The highest BCUT2D eigenvalue weighted by molar-refractivity contribution is 6.99. The molecule has 4 rings (SSSR count). The lowest BCUT2D eigenvalue weighted by Crippen LogP contribution is -2.63. The Hall–Kier alpha value is -2.16. The molecule has 0 radical (unpaired) electrons. The van der Waals surface area contributed by atoms with Gasteiger partial charge in [0.25, 0.3) is 8.32 Å². The van der Waals surface area contributed by atoms with Crippen molar-refractivity contribution in [1.29, 1.82) is 0 Å². The van der Waals surface area contributed by atoms with Gasteiger partial charge in [-0.25, -0.2) is 0 Å². The van der Waals surface area contributed by atoms with Gasteiger partial charge >= 0.3 is 0 Å². The monoisotopic (exact) mass is 414 g/mol. The van der Waals surface area contributed by atoms with Crippen molar-refractivity contribution in [2.45, 2.75) is 59.9 Å². The Balaban J connectivity index is 1.99. The number of hydrogen-bond acceptors (Lipinski definition) is 1. The molecule has 1 aliphatic rings. The van der Waals surface area contributed by atoms with Gasteiger partial charge in [-0.3, -0.25) is 0 Å². The van der Waals surface area contributed by atoms with Crippen LogP contribution >= 0.6 is 0 Å². The second-order valence-corrected chi connectivity index (χ2v) is 12.8. The quantitative estimate of drug-likeness (QED) is 0.567. The van der Waals surface area contributed by atoms with Crippen molar-refractivity contribution in [2.24, 2.45) is 5.92 Å². The summed E-state index contributed by atoms with van der Waals surface area (Å²) in [6, 6.07) is 19.8. The van der Waals surface area contributed by atoms with Crippen LogP contribution in [0.15, 0.2) is 54.6 Å². The normalized spacial score (nSPS) is 21.0. The summed E-state index contributed by atoms with van der Waals surface area (Å²) >= 11 is 0. The second-order valence-electron chi connectivity index (χ2n) is 9.64. The zero-order valence-corrected chi connectivity index (χ0v) is 20.4. The fourth-order valence-electron chi connectivity index (χ4n) is 6.31. The first-order valence-electron chi connectivity index (χ1n) is 11.1. The van der Waals surface area contributed by atoms with Crippen molar-refractivity contribution in [3.8, 4) is 0 Å². The van der Waals surface area contributed by atoms with Gasteiger partial charge in [-0.05, 0) is 97.1 Å². The third-order valence-corrected chi connectivity index (χ3v) is 12.1. The van der Waals surface area contributed by atoms with Gasteiger partial charge in [0.1, 0.15) is 0 Å². The van der Waals surface area contributed by atoms with E-state index in [2.05, 4.69) is 103 Å². The van der Waals surface area contributed by atoms with Crippen LogP contribution in [0.5, 0.6) is 0 Å². The molecule has 3 aromatic carbocycles. The van der Waals surface area contributed by atoms with Crippen LogP contribution in [0.4, 0.5) is 0 Å². The Bertz CT molecular complexity index is 995. The molecular weight excluding hydrogens is 380 g/mol. The lowest BCUT2D eigenvalue weighted by Gasteiger charge is -2.33. The highest BCUT2D eigenvalue weighted by Crippen LogP contribution is 2.63. The molecule has 1 N–H and O–H groups in total. The number of aryl methyl sites for hydroxylation is 6. The van der Waals surface area contributed by atoms with Crippen LogP contribution in [0.2, 0.25) is 5.54 Å². The predicted octanol–water partition coefficient (Wildman–Crippen LogP) is 5.39. The maximum atomic E-state index is 12.9. The van der Waals surface area contributed by atoms with E-state index in [4.69, 9.17) is 0 Å². The molecule has 1 fully saturated rings. The van der Waals surface area contributed by atoms with Gasteiger partial charge in [0.05, 0.1) is 0 Å². The molecule has 0 amide bonds. The zero-order valence-electron chi connectivity index (χ0n) is 19.4. The Morgan fingerprint density at radius 1 is 0.667 bits per heavy atom. The van der Waals surface area contributed by atoms with Gasteiger partial charge < -0.3 is 4.80 Å². The molecule has 156 valence electrons. The summed E-state index contributed by atoms with van der Waals surface area (Å²) in [5.74, 6) is 0.896. The minimum atomic E-state index is -3.00. The van der Waals surface area contributed by atoms with Gasteiger partial charge in [-0.1, -0.05) is 72.6 Å². The van der Waals surface area contributed by atoms with Gasteiger partial charge in [0.15, 0.2) is 0 Å². The van der Waals surface area contributed by atoms with E-state index in [-0.39, 0.29) is 0 Å². The van der Waals surface area contributed by atoms with E-state index < -0.39 is 8.32 Å². The SMILES string of the molecule is Cc1cc(C)c([Si](O)(c2c(C)cc(C)cc2C)[C@@H]2[C@@H](C)[C@H]2c2ccccc2)c(C)c1. The Labute approximate surface area is 182 Å². The fourth-order valence-corrected chi connectivity index (χ4v) is 11.8. The fraction of sp³-hybridized carbons (Fsp3) is 0.357.